The molecule has 140 valence electrons. The summed E-state index contributed by atoms with van der Waals surface area (Å²) in [6, 6.07) is 3.05. The van der Waals surface area contributed by atoms with E-state index >= 15 is 0 Å². The third kappa shape index (κ3) is 4.46. The molecule has 0 unspecified atom stereocenters. The fourth-order valence-electron chi connectivity index (χ4n) is 2.86. The number of esters is 1. The highest BCUT2D eigenvalue weighted by molar-refractivity contribution is 7.89. The second-order valence-corrected chi connectivity index (χ2v) is 8.25. The van der Waals surface area contributed by atoms with Crippen molar-refractivity contribution in [1.29, 1.82) is 0 Å². The molecule has 1 fully saturated rings. The Labute approximate surface area is 154 Å². The van der Waals surface area contributed by atoms with Crippen LogP contribution in [-0.2, 0) is 19.6 Å². The minimum Gasteiger partial charge on any atom is -0.492 e. The van der Waals surface area contributed by atoms with Gasteiger partial charge >= 0.3 is 5.97 Å². The van der Waals surface area contributed by atoms with Gasteiger partial charge in [0.25, 0.3) is 0 Å². The monoisotopic (exact) mass is 389 g/mol. The number of hydrogen-bond acceptors (Lipinski definition) is 5. The number of piperidine rings is 1. The number of halogens is 1. The number of ether oxygens (including phenoxy) is 2. The van der Waals surface area contributed by atoms with Crippen molar-refractivity contribution in [3.63, 3.8) is 0 Å². The molecule has 0 spiro atoms. The van der Waals surface area contributed by atoms with Crippen LogP contribution in [0.2, 0.25) is 5.02 Å². The topological polar surface area (TPSA) is 72.9 Å². The molecule has 1 atom stereocenters. The molecule has 1 aliphatic rings. The molecule has 0 bridgehead atoms. The molecule has 2 rings (SSSR count). The molecular formula is C17H24ClNO5S. The Morgan fingerprint density at radius 2 is 2.04 bits per heavy atom. The summed E-state index contributed by atoms with van der Waals surface area (Å²) in [6.45, 7) is 6.40. The summed E-state index contributed by atoms with van der Waals surface area (Å²) in [6.07, 6.45) is 1.23. The molecule has 0 N–H and O–H groups in total. The van der Waals surface area contributed by atoms with Crippen LogP contribution >= 0.6 is 11.6 Å². The van der Waals surface area contributed by atoms with Crippen molar-refractivity contribution >= 4 is 27.6 Å². The van der Waals surface area contributed by atoms with E-state index in [1.807, 2.05) is 0 Å². The van der Waals surface area contributed by atoms with Crippen LogP contribution in [0.1, 0.15) is 32.3 Å². The lowest BCUT2D eigenvalue weighted by Gasteiger charge is -2.31. The minimum absolute atomic E-state index is 0.0365. The summed E-state index contributed by atoms with van der Waals surface area (Å²) < 4.78 is 38.1. The van der Waals surface area contributed by atoms with Crippen molar-refractivity contribution in [3.05, 3.63) is 22.7 Å². The number of benzene rings is 1. The first-order chi connectivity index (χ1) is 11.8. The van der Waals surface area contributed by atoms with E-state index in [0.717, 1.165) is 5.56 Å². The van der Waals surface area contributed by atoms with E-state index in [0.29, 0.717) is 31.0 Å². The Hall–Kier alpha value is -1.31. The third-order valence-corrected chi connectivity index (χ3v) is 6.44. The van der Waals surface area contributed by atoms with Gasteiger partial charge in [-0.1, -0.05) is 11.6 Å². The summed E-state index contributed by atoms with van der Waals surface area (Å²) in [4.78, 5) is 12.0. The highest BCUT2D eigenvalue weighted by Gasteiger charge is 2.35. The van der Waals surface area contributed by atoms with Crippen molar-refractivity contribution < 1.29 is 22.7 Å². The van der Waals surface area contributed by atoms with Gasteiger partial charge in [-0.05, 0) is 51.3 Å². The quantitative estimate of drug-likeness (QED) is 0.699. The van der Waals surface area contributed by atoms with E-state index in [1.165, 1.54) is 10.4 Å². The number of nitrogens with zero attached hydrogens (tertiary/aromatic N) is 1. The first-order valence-corrected chi connectivity index (χ1v) is 10.2. The molecule has 1 heterocycles. The normalized spacial score (nSPS) is 18.8. The Balaban J connectivity index is 2.34. The molecular weight excluding hydrogens is 366 g/mol. The van der Waals surface area contributed by atoms with Crippen LogP contribution in [0, 0.1) is 12.8 Å². The standard InChI is InChI=1S/C17H24ClNO5S/c1-4-23-15-9-12(3)14(18)10-16(15)25(21,22)19-8-6-7-13(11-19)17(20)24-5-2/h9-10,13H,4-8,11H2,1-3H3/t13-/m0/s1. The SMILES string of the molecule is CCOC(=O)[C@H]1CCCN(S(=O)(=O)c2cc(Cl)c(C)cc2OCC)C1. The Morgan fingerprint density at radius 3 is 2.68 bits per heavy atom. The van der Waals surface area contributed by atoms with Gasteiger partial charge in [-0.2, -0.15) is 4.31 Å². The number of aryl methyl sites for hydroxylation is 1. The van der Waals surface area contributed by atoms with Gasteiger partial charge in [-0.25, -0.2) is 8.42 Å². The van der Waals surface area contributed by atoms with Gasteiger partial charge in [0, 0.05) is 18.1 Å². The molecule has 0 aliphatic carbocycles. The van der Waals surface area contributed by atoms with Gasteiger partial charge in [-0.15, -0.1) is 0 Å². The molecule has 6 nitrogen and oxygen atoms in total. The average Bonchev–Trinajstić information content (AvgIpc) is 2.58. The van der Waals surface area contributed by atoms with E-state index in [2.05, 4.69) is 0 Å². The molecule has 1 aromatic rings. The molecule has 0 radical (unpaired) electrons. The van der Waals surface area contributed by atoms with Crippen molar-refractivity contribution in [2.24, 2.45) is 5.92 Å². The predicted molar refractivity (Wildman–Crippen MR) is 95.5 cm³/mol. The fraction of sp³-hybridized carbons (Fsp3) is 0.588. The van der Waals surface area contributed by atoms with Crippen LogP contribution in [0.15, 0.2) is 17.0 Å². The van der Waals surface area contributed by atoms with Crippen molar-refractivity contribution in [2.45, 2.75) is 38.5 Å². The van der Waals surface area contributed by atoms with Crippen molar-refractivity contribution in [3.8, 4) is 5.75 Å². The van der Waals surface area contributed by atoms with Gasteiger partial charge < -0.3 is 9.47 Å². The average molecular weight is 390 g/mol. The maximum Gasteiger partial charge on any atom is 0.310 e. The van der Waals surface area contributed by atoms with E-state index in [1.54, 1.807) is 26.8 Å². The van der Waals surface area contributed by atoms with Gasteiger partial charge in [0.05, 0.1) is 19.1 Å². The van der Waals surface area contributed by atoms with Gasteiger partial charge in [0.2, 0.25) is 10.0 Å². The molecule has 0 aromatic heterocycles. The number of carbonyl (C=O) groups is 1. The lowest BCUT2D eigenvalue weighted by Crippen LogP contribution is -2.42. The summed E-state index contributed by atoms with van der Waals surface area (Å²) in [5, 5.41) is 0.362. The fourth-order valence-corrected chi connectivity index (χ4v) is 4.75. The molecule has 1 aliphatic heterocycles. The molecule has 25 heavy (non-hydrogen) atoms. The van der Waals surface area contributed by atoms with E-state index < -0.39 is 15.9 Å². The predicted octanol–water partition coefficient (Wildman–Crippen LogP) is 3.01. The second kappa shape index (κ2) is 8.38. The zero-order chi connectivity index (χ0) is 18.6. The van der Waals surface area contributed by atoms with Crippen LogP contribution < -0.4 is 4.74 Å². The van der Waals surface area contributed by atoms with Crippen LogP contribution in [-0.4, -0.2) is 45.0 Å². The maximum atomic E-state index is 13.1. The third-order valence-electron chi connectivity index (χ3n) is 4.15. The molecule has 0 amide bonds. The lowest BCUT2D eigenvalue weighted by atomic mass is 10.0. The molecule has 0 saturated carbocycles. The van der Waals surface area contributed by atoms with Crippen LogP contribution in [0.5, 0.6) is 5.75 Å². The van der Waals surface area contributed by atoms with E-state index in [-0.39, 0.29) is 29.8 Å². The molecule has 1 saturated heterocycles. The smallest absolute Gasteiger partial charge is 0.310 e. The van der Waals surface area contributed by atoms with Gasteiger partial charge in [-0.3, -0.25) is 4.79 Å². The molecule has 1 aromatic carbocycles. The molecule has 8 heteroatoms. The highest BCUT2D eigenvalue weighted by atomic mass is 35.5. The van der Waals surface area contributed by atoms with Crippen molar-refractivity contribution in [2.75, 3.05) is 26.3 Å². The lowest BCUT2D eigenvalue weighted by molar-refractivity contribution is -0.149. The first-order valence-electron chi connectivity index (χ1n) is 8.41. The Kier molecular flexibility index (Phi) is 6.71. The van der Waals surface area contributed by atoms with E-state index in [9.17, 15) is 13.2 Å². The van der Waals surface area contributed by atoms with Gasteiger partial charge in [0.1, 0.15) is 10.6 Å². The minimum atomic E-state index is -3.82. The summed E-state index contributed by atoms with van der Waals surface area (Å²) in [5.74, 6) is -0.517. The van der Waals surface area contributed by atoms with Crippen LogP contribution in [0.4, 0.5) is 0 Å². The van der Waals surface area contributed by atoms with Crippen molar-refractivity contribution in [1.82, 2.24) is 4.31 Å². The number of carbonyl (C=O) groups excluding carboxylic acids is 1. The second-order valence-electron chi connectivity index (χ2n) is 5.94. The zero-order valence-corrected chi connectivity index (χ0v) is 16.3. The largest absolute Gasteiger partial charge is 0.492 e. The number of hydrogen-bond donors (Lipinski definition) is 0. The summed E-state index contributed by atoms with van der Waals surface area (Å²) in [5.41, 5.74) is 0.743. The van der Waals surface area contributed by atoms with Crippen LogP contribution in [0.3, 0.4) is 0 Å². The summed E-state index contributed by atoms with van der Waals surface area (Å²) >= 11 is 6.14. The maximum absolute atomic E-state index is 13.1. The number of sulfonamides is 1. The van der Waals surface area contributed by atoms with Crippen LogP contribution in [0.25, 0.3) is 0 Å². The van der Waals surface area contributed by atoms with Gasteiger partial charge in [0.15, 0.2) is 0 Å². The Morgan fingerprint density at radius 1 is 1.32 bits per heavy atom. The summed E-state index contributed by atoms with van der Waals surface area (Å²) in [7, 11) is -3.82. The van der Waals surface area contributed by atoms with E-state index in [4.69, 9.17) is 21.1 Å². The zero-order valence-electron chi connectivity index (χ0n) is 14.7. The highest BCUT2D eigenvalue weighted by Crippen LogP contribution is 2.34. The first kappa shape index (κ1) is 20.0. The Bertz CT molecular complexity index is 735. The number of rotatable bonds is 6.